The maximum absolute atomic E-state index is 12.3. The number of hydrogen-bond acceptors (Lipinski definition) is 2. The zero-order valence-corrected chi connectivity index (χ0v) is 10.4. The third-order valence-corrected chi connectivity index (χ3v) is 4.37. The van der Waals surface area contributed by atoms with Crippen molar-refractivity contribution >= 4 is 0 Å². The molecular weight excluding hydrogens is 229 g/mol. The minimum atomic E-state index is -4.04. The fraction of sp³-hybridized carbons (Fsp3) is 1.00. The molecular formula is C12H21F3N2. The van der Waals surface area contributed by atoms with Gasteiger partial charge >= 0.3 is 6.18 Å². The molecule has 0 radical (unpaired) electrons. The van der Waals surface area contributed by atoms with E-state index in [0.29, 0.717) is 18.5 Å². The SMILES string of the molecule is CN1CCC2(CC1)CCN(CC(F)(F)F)CC2. The van der Waals surface area contributed by atoms with E-state index >= 15 is 0 Å². The highest BCUT2D eigenvalue weighted by Gasteiger charge is 2.39. The number of piperidine rings is 2. The van der Waals surface area contributed by atoms with Crippen LogP contribution >= 0.6 is 0 Å². The van der Waals surface area contributed by atoms with Gasteiger partial charge in [-0.3, -0.25) is 4.90 Å². The first-order chi connectivity index (χ1) is 7.89. The highest BCUT2D eigenvalue weighted by atomic mass is 19.4. The molecule has 0 amide bonds. The van der Waals surface area contributed by atoms with Gasteiger partial charge in [-0.15, -0.1) is 0 Å². The molecule has 2 fully saturated rings. The Kier molecular flexibility index (Phi) is 3.69. The van der Waals surface area contributed by atoms with Gasteiger partial charge in [-0.2, -0.15) is 13.2 Å². The zero-order valence-electron chi connectivity index (χ0n) is 10.4. The zero-order chi connectivity index (χ0) is 12.5. The molecule has 2 aliphatic rings. The summed E-state index contributed by atoms with van der Waals surface area (Å²) in [6, 6.07) is 0. The molecule has 0 aliphatic carbocycles. The fourth-order valence-electron chi connectivity index (χ4n) is 3.03. The van der Waals surface area contributed by atoms with Gasteiger partial charge in [-0.05, 0) is 64.3 Å². The number of nitrogens with zero attached hydrogens (tertiary/aromatic N) is 2. The van der Waals surface area contributed by atoms with E-state index in [4.69, 9.17) is 0 Å². The van der Waals surface area contributed by atoms with E-state index in [1.54, 1.807) is 4.90 Å². The van der Waals surface area contributed by atoms with E-state index in [2.05, 4.69) is 11.9 Å². The molecule has 0 bridgehead atoms. The summed E-state index contributed by atoms with van der Waals surface area (Å²) in [5.41, 5.74) is 0.342. The van der Waals surface area contributed by atoms with E-state index in [-0.39, 0.29) is 0 Å². The first kappa shape index (κ1) is 13.1. The maximum atomic E-state index is 12.3. The molecule has 0 aromatic carbocycles. The monoisotopic (exact) mass is 250 g/mol. The van der Waals surface area contributed by atoms with Crippen molar-refractivity contribution in [2.24, 2.45) is 5.41 Å². The van der Waals surface area contributed by atoms with Gasteiger partial charge in [0.25, 0.3) is 0 Å². The minimum absolute atomic E-state index is 0.342. The number of rotatable bonds is 1. The van der Waals surface area contributed by atoms with Crippen LogP contribution in [0.2, 0.25) is 0 Å². The number of halogens is 3. The van der Waals surface area contributed by atoms with Gasteiger partial charge in [0.15, 0.2) is 0 Å². The highest BCUT2D eigenvalue weighted by molar-refractivity contribution is 4.90. The van der Waals surface area contributed by atoms with Gasteiger partial charge < -0.3 is 4.90 Å². The summed E-state index contributed by atoms with van der Waals surface area (Å²) < 4.78 is 36.8. The largest absolute Gasteiger partial charge is 0.401 e. The van der Waals surface area contributed by atoms with E-state index in [1.807, 2.05) is 0 Å². The number of alkyl halides is 3. The van der Waals surface area contributed by atoms with Crippen molar-refractivity contribution in [3.05, 3.63) is 0 Å². The van der Waals surface area contributed by atoms with Gasteiger partial charge in [0.1, 0.15) is 0 Å². The van der Waals surface area contributed by atoms with Crippen LogP contribution in [0.3, 0.4) is 0 Å². The molecule has 2 heterocycles. The molecule has 0 aromatic rings. The number of likely N-dealkylation sites (tertiary alicyclic amines) is 2. The lowest BCUT2D eigenvalue weighted by Crippen LogP contribution is -2.47. The van der Waals surface area contributed by atoms with Crippen molar-refractivity contribution in [2.75, 3.05) is 39.8 Å². The second-order valence-corrected chi connectivity index (χ2v) is 5.69. The third kappa shape index (κ3) is 3.58. The van der Waals surface area contributed by atoms with E-state index in [9.17, 15) is 13.2 Å². The maximum Gasteiger partial charge on any atom is 0.401 e. The molecule has 100 valence electrons. The Balaban J connectivity index is 1.81. The van der Waals surface area contributed by atoms with Crippen LogP contribution in [-0.2, 0) is 0 Å². The summed E-state index contributed by atoms with van der Waals surface area (Å²) in [7, 11) is 2.12. The Morgan fingerprint density at radius 3 is 1.88 bits per heavy atom. The lowest BCUT2D eigenvalue weighted by molar-refractivity contribution is -0.151. The van der Waals surface area contributed by atoms with E-state index in [0.717, 1.165) is 38.8 Å². The molecule has 2 nitrogen and oxygen atoms in total. The van der Waals surface area contributed by atoms with Crippen LogP contribution in [0.15, 0.2) is 0 Å². The molecule has 0 saturated carbocycles. The summed E-state index contributed by atoms with van der Waals surface area (Å²) in [5.74, 6) is 0. The molecule has 2 rings (SSSR count). The Morgan fingerprint density at radius 2 is 1.41 bits per heavy atom. The van der Waals surface area contributed by atoms with Crippen molar-refractivity contribution in [1.29, 1.82) is 0 Å². The van der Waals surface area contributed by atoms with Crippen LogP contribution in [0.1, 0.15) is 25.7 Å². The first-order valence-electron chi connectivity index (χ1n) is 6.36. The van der Waals surface area contributed by atoms with E-state index in [1.165, 1.54) is 0 Å². The van der Waals surface area contributed by atoms with Crippen LogP contribution < -0.4 is 0 Å². The van der Waals surface area contributed by atoms with Gasteiger partial charge in [0.2, 0.25) is 0 Å². The summed E-state index contributed by atoms with van der Waals surface area (Å²) >= 11 is 0. The molecule has 0 aromatic heterocycles. The molecule has 2 saturated heterocycles. The summed E-state index contributed by atoms with van der Waals surface area (Å²) in [4.78, 5) is 3.87. The molecule has 0 N–H and O–H groups in total. The van der Waals surface area contributed by atoms with Gasteiger partial charge in [-0.25, -0.2) is 0 Å². The number of hydrogen-bond donors (Lipinski definition) is 0. The first-order valence-corrected chi connectivity index (χ1v) is 6.36. The van der Waals surface area contributed by atoms with Crippen LogP contribution in [0.4, 0.5) is 13.2 Å². The predicted octanol–water partition coefficient (Wildman–Crippen LogP) is 2.36. The predicted molar refractivity (Wildman–Crippen MR) is 60.9 cm³/mol. The Labute approximate surface area is 101 Å². The lowest BCUT2D eigenvalue weighted by atomic mass is 9.71. The van der Waals surface area contributed by atoms with Crippen molar-refractivity contribution < 1.29 is 13.2 Å². The van der Waals surface area contributed by atoms with Crippen molar-refractivity contribution in [3.63, 3.8) is 0 Å². The molecule has 2 aliphatic heterocycles. The topological polar surface area (TPSA) is 6.48 Å². The van der Waals surface area contributed by atoms with Crippen molar-refractivity contribution in [3.8, 4) is 0 Å². The Hall–Kier alpha value is -0.290. The third-order valence-electron chi connectivity index (χ3n) is 4.37. The molecule has 0 unspecified atom stereocenters. The van der Waals surface area contributed by atoms with Gasteiger partial charge in [0, 0.05) is 0 Å². The quantitative estimate of drug-likeness (QED) is 0.705. The van der Waals surface area contributed by atoms with Crippen molar-refractivity contribution in [2.45, 2.75) is 31.9 Å². The highest BCUT2D eigenvalue weighted by Crippen LogP contribution is 2.41. The molecule has 0 atom stereocenters. The summed E-state index contributed by atoms with van der Waals surface area (Å²) in [5, 5.41) is 0. The smallest absolute Gasteiger partial charge is 0.306 e. The molecule has 17 heavy (non-hydrogen) atoms. The minimum Gasteiger partial charge on any atom is -0.306 e. The molecule has 1 spiro atoms. The average molecular weight is 250 g/mol. The summed E-state index contributed by atoms with van der Waals surface area (Å²) in [6.45, 7) is 2.69. The van der Waals surface area contributed by atoms with Crippen LogP contribution in [-0.4, -0.2) is 55.7 Å². The van der Waals surface area contributed by atoms with Crippen LogP contribution in [0, 0.1) is 5.41 Å². The van der Waals surface area contributed by atoms with Gasteiger partial charge in [0.05, 0.1) is 6.54 Å². The van der Waals surface area contributed by atoms with Crippen molar-refractivity contribution in [1.82, 2.24) is 9.80 Å². The van der Waals surface area contributed by atoms with E-state index < -0.39 is 12.7 Å². The summed E-state index contributed by atoms with van der Waals surface area (Å²) in [6.07, 6.45) is 0.151. The Bertz CT molecular complexity index is 247. The fourth-order valence-corrected chi connectivity index (χ4v) is 3.03. The molecule has 5 heteroatoms. The second kappa shape index (κ2) is 4.76. The standard InChI is InChI=1S/C12H21F3N2/c1-16-6-2-11(3-7-16)4-8-17(9-5-11)10-12(13,14)15/h2-10H2,1H3. The van der Waals surface area contributed by atoms with Gasteiger partial charge in [-0.1, -0.05) is 0 Å². The average Bonchev–Trinajstić information content (AvgIpc) is 2.24. The van der Waals surface area contributed by atoms with Crippen LogP contribution in [0.25, 0.3) is 0 Å². The second-order valence-electron chi connectivity index (χ2n) is 5.69. The lowest BCUT2D eigenvalue weighted by Gasteiger charge is -2.46. The van der Waals surface area contributed by atoms with Crippen LogP contribution in [0.5, 0.6) is 0 Å². The normalized spacial score (nSPS) is 27.5. The Morgan fingerprint density at radius 1 is 0.941 bits per heavy atom.